The van der Waals surface area contributed by atoms with Crippen LogP contribution in [0.15, 0.2) is 41.3 Å². The zero-order valence-corrected chi connectivity index (χ0v) is 13.6. The zero-order valence-electron chi connectivity index (χ0n) is 13.6. The minimum absolute atomic E-state index is 0.00850. The summed E-state index contributed by atoms with van der Waals surface area (Å²) in [5.41, 5.74) is 0. The van der Waals surface area contributed by atoms with E-state index in [1.54, 1.807) is 24.7 Å². The Morgan fingerprint density at radius 2 is 2.04 bits per heavy atom. The number of carbonyl (C=O) groups excluding carboxylic acids is 1. The van der Waals surface area contributed by atoms with E-state index in [9.17, 15) is 4.79 Å². The Bertz CT molecular complexity index is 611. The third-order valence-corrected chi connectivity index (χ3v) is 4.15. The van der Waals surface area contributed by atoms with Crippen LogP contribution in [0.2, 0.25) is 0 Å². The molecule has 0 aliphatic carbocycles. The largest absolute Gasteiger partial charge is 0.468 e. The number of likely N-dealkylation sites (tertiary alicyclic amines) is 1. The molecule has 2 N–H and O–H groups in total. The van der Waals surface area contributed by atoms with Gasteiger partial charge in [-0.1, -0.05) is 0 Å². The molecule has 0 aromatic carbocycles. The number of nitrogens with zero attached hydrogens (tertiary/aromatic N) is 3. The molecule has 3 rings (SSSR count). The number of furan rings is 1. The third kappa shape index (κ3) is 4.55. The maximum absolute atomic E-state index is 12.1. The van der Waals surface area contributed by atoms with Gasteiger partial charge in [-0.15, -0.1) is 0 Å². The molecule has 1 fully saturated rings. The van der Waals surface area contributed by atoms with E-state index >= 15 is 0 Å². The topological polar surface area (TPSA) is 83.3 Å². The summed E-state index contributed by atoms with van der Waals surface area (Å²) in [6.45, 7) is 3.17. The first kappa shape index (κ1) is 16.4. The maximum atomic E-state index is 12.1. The van der Waals surface area contributed by atoms with E-state index in [4.69, 9.17) is 4.42 Å². The van der Waals surface area contributed by atoms with Gasteiger partial charge in [-0.25, -0.2) is 9.97 Å². The molecule has 1 aliphatic rings. The second-order valence-electron chi connectivity index (χ2n) is 5.83. The first-order valence-electron chi connectivity index (χ1n) is 8.38. The van der Waals surface area contributed by atoms with Gasteiger partial charge in [0.1, 0.15) is 5.76 Å². The average Bonchev–Trinajstić information content (AvgIpc) is 3.30. The summed E-state index contributed by atoms with van der Waals surface area (Å²) in [5.74, 6) is 1.46. The van der Waals surface area contributed by atoms with Crippen LogP contribution in [0.5, 0.6) is 0 Å². The number of carbonyl (C=O) groups is 1. The van der Waals surface area contributed by atoms with E-state index in [1.807, 2.05) is 12.1 Å². The number of hydrogen-bond donors (Lipinski definition) is 2. The molecule has 128 valence electrons. The quantitative estimate of drug-likeness (QED) is 0.769. The fourth-order valence-electron chi connectivity index (χ4n) is 2.92. The zero-order chi connectivity index (χ0) is 16.6. The summed E-state index contributed by atoms with van der Waals surface area (Å²) in [6.07, 6.45) is 7.80. The van der Waals surface area contributed by atoms with Gasteiger partial charge in [0.25, 0.3) is 0 Å². The van der Waals surface area contributed by atoms with Gasteiger partial charge in [0, 0.05) is 31.9 Å². The van der Waals surface area contributed by atoms with Crippen molar-refractivity contribution in [3.05, 3.63) is 42.6 Å². The van der Waals surface area contributed by atoms with E-state index in [0.717, 1.165) is 18.8 Å². The molecule has 3 heterocycles. The fraction of sp³-hybridized carbons (Fsp3) is 0.471. The second kappa shape index (κ2) is 8.44. The predicted octanol–water partition coefficient (Wildman–Crippen LogP) is 1.82. The van der Waals surface area contributed by atoms with Crippen molar-refractivity contribution in [1.29, 1.82) is 0 Å². The van der Waals surface area contributed by atoms with E-state index in [-0.39, 0.29) is 11.9 Å². The molecule has 1 atom stereocenters. The van der Waals surface area contributed by atoms with Crippen molar-refractivity contribution in [3.8, 4) is 0 Å². The molecule has 2 aromatic heterocycles. The van der Waals surface area contributed by atoms with E-state index in [0.29, 0.717) is 25.5 Å². The minimum Gasteiger partial charge on any atom is -0.468 e. The predicted molar refractivity (Wildman–Crippen MR) is 90.4 cm³/mol. The molecule has 0 saturated carbocycles. The maximum Gasteiger partial charge on any atom is 0.222 e. The second-order valence-corrected chi connectivity index (χ2v) is 5.83. The lowest BCUT2D eigenvalue weighted by molar-refractivity contribution is -0.121. The molecule has 1 aliphatic heterocycles. The molecular weight excluding hydrogens is 306 g/mol. The molecule has 7 nitrogen and oxygen atoms in total. The van der Waals surface area contributed by atoms with Gasteiger partial charge in [0.2, 0.25) is 11.9 Å². The fourth-order valence-corrected chi connectivity index (χ4v) is 2.92. The number of amides is 1. The van der Waals surface area contributed by atoms with Gasteiger partial charge in [-0.3, -0.25) is 9.69 Å². The monoisotopic (exact) mass is 329 g/mol. The van der Waals surface area contributed by atoms with Gasteiger partial charge in [-0.05, 0) is 44.1 Å². The van der Waals surface area contributed by atoms with Gasteiger partial charge in [0.05, 0.1) is 12.3 Å². The number of aromatic nitrogens is 2. The molecular formula is C17H23N5O2. The third-order valence-electron chi connectivity index (χ3n) is 4.15. The van der Waals surface area contributed by atoms with Crippen LogP contribution >= 0.6 is 0 Å². The summed E-state index contributed by atoms with van der Waals surface area (Å²) in [5, 5.41) is 6.05. The highest BCUT2D eigenvalue weighted by molar-refractivity contribution is 5.76. The van der Waals surface area contributed by atoms with Crippen molar-refractivity contribution >= 4 is 11.9 Å². The number of nitrogens with one attached hydrogen (secondary N) is 2. The van der Waals surface area contributed by atoms with Crippen molar-refractivity contribution in [2.45, 2.75) is 25.3 Å². The summed E-state index contributed by atoms with van der Waals surface area (Å²) < 4.78 is 5.56. The summed E-state index contributed by atoms with van der Waals surface area (Å²) in [7, 11) is 0. The van der Waals surface area contributed by atoms with Crippen LogP contribution in [0.25, 0.3) is 0 Å². The average molecular weight is 329 g/mol. The molecule has 1 unspecified atom stereocenters. The van der Waals surface area contributed by atoms with Crippen LogP contribution in [0.3, 0.4) is 0 Å². The first-order valence-corrected chi connectivity index (χ1v) is 8.38. The Morgan fingerprint density at radius 3 is 2.75 bits per heavy atom. The van der Waals surface area contributed by atoms with Gasteiger partial charge < -0.3 is 15.1 Å². The molecule has 0 radical (unpaired) electrons. The SMILES string of the molecule is O=C(CCNc1ncccn1)NCC(c1ccco1)N1CCCC1. The highest BCUT2D eigenvalue weighted by atomic mass is 16.3. The summed E-state index contributed by atoms with van der Waals surface area (Å²) >= 11 is 0. The lowest BCUT2D eigenvalue weighted by Gasteiger charge is -2.26. The number of hydrogen-bond acceptors (Lipinski definition) is 6. The Kier molecular flexibility index (Phi) is 5.79. The normalized spacial score (nSPS) is 16.0. The van der Waals surface area contributed by atoms with Gasteiger partial charge in [-0.2, -0.15) is 0 Å². The van der Waals surface area contributed by atoms with Crippen LogP contribution in [0, 0.1) is 0 Å². The van der Waals surface area contributed by atoms with Crippen LogP contribution in [0.1, 0.15) is 31.1 Å². The van der Waals surface area contributed by atoms with Crippen LogP contribution in [-0.4, -0.2) is 47.0 Å². The lowest BCUT2D eigenvalue weighted by atomic mass is 10.2. The molecule has 1 saturated heterocycles. The standard InChI is InChI=1S/C17H23N5O2/c23-16(6-9-20-17-18-7-4-8-19-17)21-13-14(15-5-3-12-24-15)22-10-1-2-11-22/h3-5,7-8,12,14H,1-2,6,9-11,13H2,(H,21,23)(H,18,19,20). The molecule has 0 spiro atoms. The Morgan fingerprint density at radius 1 is 1.25 bits per heavy atom. The number of anilines is 1. The lowest BCUT2D eigenvalue weighted by Crippen LogP contribution is -2.37. The van der Waals surface area contributed by atoms with E-state index in [1.165, 1.54) is 12.8 Å². The summed E-state index contributed by atoms with van der Waals surface area (Å²) in [4.78, 5) is 22.6. The number of rotatable bonds is 8. The molecule has 24 heavy (non-hydrogen) atoms. The van der Waals surface area contributed by atoms with Crippen molar-refractivity contribution in [3.63, 3.8) is 0 Å². The molecule has 7 heteroatoms. The Hall–Kier alpha value is -2.41. The minimum atomic E-state index is 0.00850. The highest BCUT2D eigenvalue weighted by Crippen LogP contribution is 2.24. The molecule has 1 amide bonds. The van der Waals surface area contributed by atoms with Gasteiger partial charge in [0.15, 0.2) is 0 Å². The van der Waals surface area contributed by atoms with Crippen molar-refractivity contribution in [2.75, 3.05) is 31.5 Å². The Labute approximate surface area is 141 Å². The van der Waals surface area contributed by atoms with Crippen LogP contribution in [-0.2, 0) is 4.79 Å². The van der Waals surface area contributed by atoms with Crippen molar-refractivity contribution < 1.29 is 9.21 Å². The molecule has 2 aromatic rings. The molecule has 0 bridgehead atoms. The van der Waals surface area contributed by atoms with Crippen LogP contribution in [0.4, 0.5) is 5.95 Å². The summed E-state index contributed by atoms with van der Waals surface area (Å²) in [6, 6.07) is 5.73. The smallest absolute Gasteiger partial charge is 0.222 e. The van der Waals surface area contributed by atoms with E-state index < -0.39 is 0 Å². The van der Waals surface area contributed by atoms with Crippen LogP contribution < -0.4 is 10.6 Å². The first-order chi connectivity index (χ1) is 11.8. The van der Waals surface area contributed by atoms with E-state index in [2.05, 4.69) is 25.5 Å². The Balaban J connectivity index is 1.44. The van der Waals surface area contributed by atoms with Crippen molar-refractivity contribution in [1.82, 2.24) is 20.2 Å². The highest BCUT2D eigenvalue weighted by Gasteiger charge is 2.25. The van der Waals surface area contributed by atoms with Gasteiger partial charge >= 0.3 is 0 Å². The van der Waals surface area contributed by atoms with Crippen molar-refractivity contribution in [2.24, 2.45) is 0 Å².